The van der Waals surface area contributed by atoms with Crippen molar-refractivity contribution in [2.24, 2.45) is 0 Å². The first-order valence-electron chi connectivity index (χ1n) is 9.14. The molecule has 4 heteroatoms. The third kappa shape index (κ3) is 3.09. The molecule has 1 heterocycles. The van der Waals surface area contributed by atoms with Crippen LogP contribution in [0.3, 0.4) is 0 Å². The van der Waals surface area contributed by atoms with Gasteiger partial charge in [0, 0.05) is 5.69 Å². The van der Waals surface area contributed by atoms with Crippen molar-refractivity contribution < 1.29 is 9.59 Å². The Morgan fingerprint density at radius 1 is 0.750 bits per heavy atom. The average Bonchev–Trinajstić information content (AvgIpc) is 2.96. The fraction of sp³-hybridized carbons (Fsp3) is 0.0833. The van der Waals surface area contributed by atoms with Gasteiger partial charge in [0.2, 0.25) is 0 Å². The van der Waals surface area contributed by atoms with Gasteiger partial charge in [-0.2, -0.15) is 0 Å². The van der Waals surface area contributed by atoms with Crippen LogP contribution in [0.1, 0.15) is 16.7 Å². The minimum absolute atomic E-state index is 0.300. The van der Waals surface area contributed by atoms with Crippen LogP contribution in [0.15, 0.2) is 84.6 Å². The zero-order chi connectivity index (χ0) is 19.7. The molecule has 3 aromatic rings. The van der Waals surface area contributed by atoms with E-state index in [9.17, 15) is 9.59 Å². The van der Waals surface area contributed by atoms with Gasteiger partial charge < -0.3 is 5.32 Å². The minimum Gasteiger partial charge on any atom is -0.350 e. The van der Waals surface area contributed by atoms with Crippen LogP contribution in [-0.4, -0.2) is 11.8 Å². The number of carbonyl (C=O) groups excluding carboxylic acids is 2. The molecule has 0 atom stereocenters. The van der Waals surface area contributed by atoms with Gasteiger partial charge in [-0.25, -0.2) is 4.90 Å². The van der Waals surface area contributed by atoms with E-state index in [1.165, 1.54) is 4.90 Å². The van der Waals surface area contributed by atoms with E-state index in [2.05, 4.69) is 5.32 Å². The normalized spacial score (nSPS) is 14.0. The molecule has 1 aliphatic heterocycles. The van der Waals surface area contributed by atoms with Crippen molar-refractivity contribution in [3.8, 4) is 0 Å². The Hall–Kier alpha value is -3.66. The number of hydrogen-bond acceptors (Lipinski definition) is 3. The molecule has 4 nitrogen and oxygen atoms in total. The molecule has 0 aromatic heterocycles. The molecule has 138 valence electrons. The lowest BCUT2D eigenvalue weighted by Crippen LogP contribution is -2.32. The van der Waals surface area contributed by atoms with Gasteiger partial charge in [-0.3, -0.25) is 9.59 Å². The summed E-state index contributed by atoms with van der Waals surface area (Å²) in [4.78, 5) is 27.8. The zero-order valence-corrected chi connectivity index (χ0v) is 15.8. The molecule has 0 bridgehead atoms. The van der Waals surface area contributed by atoms with Gasteiger partial charge in [-0.1, -0.05) is 60.7 Å². The van der Waals surface area contributed by atoms with E-state index in [1.54, 1.807) is 12.1 Å². The average molecular weight is 368 g/mol. The predicted octanol–water partition coefficient (Wildman–Crippen LogP) is 4.70. The summed E-state index contributed by atoms with van der Waals surface area (Å²) in [7, 11) is 0. The summed E-state index contributed by atoms with van der Waals surface area (Å²) in [5.74, 6) is -0.675. The molecule has 0 spiro atoms. The lowest BCUT2D eigenvalue weighted by Gasteiger charge is -2.15. The highest BCUT2D eigenvalue weighted by Crippen LogP contribution is 2.34. The first kappa shape index (κ1) is 17.7. The number of rotatable bonds is 4. The molecule has 2 amide bonds. The van der Waals surface area contributed by atoms with E-state index in [4.69, 9.17) is 0 Å². The molecule has 1 N–H and O–H groups in total. The Bertz CT molecular complexity index is 1090. The summed E-state index contributed by atoms with van der Waals surface area (Å²) in [6.07, 6.45) is 0. The van der Waals surface area contributed by atoms with Crippen molar-refractivity contribution in [3.63, 3.8) is 0 Å². The number of para-hydroxylation sites is 1. The quantitative estimate of drug-likeness (QED) is 0.679. The van der Waals surface area contributed by atoms with Gasteiger partial charge in [0.05, 0.1) is 11.3 Å². The summed E-state index contributed by atoms with van der Waals surface area (Å²) < 4.78 is 0. The fourth-order valence-electron chi connectivity index (χ4n) is 3.34. The van der Waals surface area contributed by atoms with Crippen LogP contribution >= 0.6 is 0 Å². The molecule has 0 unspecified atom stereocenters. The van der Waals surface area contributed by atoms with Crippen molar-refractivity contribution in [3.05, 3.63) is 101 Å². The molecule has 0 saturated carbocycles. The lowest BCUT2D eigenvalue weighted by molar-refractivity contribution is -0.120. The Kier molecular flexibility index (Phi) is 4.53. The maximum Gasteiger partial charge on any atom is 0.282 e. The van der Waals surface area contributed by atoms with Crippen LogP contribution in [0.5, 0.6) is 0 Å². The Labute approximate surface area is 164 Å². The highest BCUT2D eigenvalue weighted by atomic mass is 16.2. The number of carbonyl (C=O) groups is 2. The lowest BCUT2D eigenvalue weighted by atomic mass is 10.0. The molecule has 0 saturated heterocycles. The number of benzene rings is 3. The van der Waals surface area contributed by atoms with E-state index in [1.807, 2.05) is 80.6 Å². The molecule has 1 aliphatic rings. The second kappa shape index (κ2) is 7.16. The molecule has 4 rings (SSSR count). The monoisotopic (exact) mass is 368 g/mol. The van der Waals surface area contributed by atoms with Crippen LogP contribution < -0.4 is 10.2 Å². The second-order valence-corrected chi connectivity index (χ2v) is 6.84. The van der Waals surface area contributed by atoms with Crippen molar-refractivity contribution >= 4 is 28.8 Å². The van der Waals surface area contributed by atoms with E-state index in [0.29, 0.717) is 22.5 Å². The summed E-state index contributed by atoms with van der Waals surface area (Å²) >= 11 is 0. The van der Waals surface area contributed by atoms with Crippen molar-refractivity contribution in [2.75, 3.05) is 10.2 Å². The molecule has 3 aromatic carbocycles. The van der Waals surface area contributed by atoms with Gasteiger partial charge in [-0.15, -0.1) is 0 Å². The highest BCUT2D eigenvalue weighted by Gasteiger charge is 2.40. The molecule has 0 radical (unpaired) electrons. The number of amides is 2. The third-order valence-electron chi connectivity index (χ3n) is 4.81. The fourth-order valence-corrected chi connectivity index (χ4v) is 3.34. The van der Waals surface area contributed by atoms with Crippen LogP contribution in [0.25, 0.3) is 5.57 Å². The maximum atomic E-state index is 13.3. The van der Waals surface area contributed by atoms with Gasteiger partial charge in [0.25, 0.3) is 11.8 Å². The number of hydrogen-bond donors (Lipinski definition) is 1. The highest BCUT2D eigenvalue weighted by molar-refractivity contribution is 6.46. The van der Waals surface area contributed by atoms with E-state index >= 15 is 0 Å². The number of aryl methyl sites for hydroxylation is 2. The SMILES string of the molecule is Cc1ccc(C)c(NC2=C(c3ccccc3)C(=O)N(c3ccccc3)C2=O)c1. The number of nitrogens with zero attached hydrogens (tertiary/aromatic N) is 1. The standard InChI is InChI=1S/C24H20N2O2/c1-16-13-14-17(2)20(15-16)25-22-21(18-9-5-3-6-10-18)23(27)26(24(22)28)19-11-7-4-8-12-19/h3-15,25H,1-2H3. The Morgan fingerprint density at radius 3 is 2.07 bits per heavy atom. The minimum atomic E-state index is -0.351. The maximum absolute atomic E-state index is 13.3. The van der Waals surface area contributed by atoms with Crippen LogP contribution in [0.2, 0.25) is 0 Å². The Morgan fingerprint density at radius 2 is 1.39 bits per heavy atom. The predicted molar refractivity (Wildman–Crippen MR) is 112 cm³/mol. The largest absolute Gasteiger partial charge is 0.350 e. The first-order valence-corrected chi connectivity index (χ1v) is 9.14. The van der Waals surface area contributed by atoms with Crippen LogP contribution in [-0.2, 0) is 9.59 Å². The van der Waals surface area contributed by atoms with E-state index in [-0.39, 0.29) is 11.8 Å². The van der Waals surface area contributed by atoms with Crippen molar-refractivity contribution in [2.45, 2.75) is 13.8 Å². The van der Waals surface area contributed by atoms with Gasteiger partial charge >= 0.3 is 0 Å². The summed E-state index contributed by atoms with van der Waals surface area (Å²) in [6, 6.07) is 24.3. The van der Waals surface area contributed by atoms with E-state index in [0.717, 1.165) is 16.8 Å². The van der Waals surface area contributed by atoms with Gasteiger partial charge in [-0.05, 0) is 48.7 Å². The molecule has 0 aliphatic carbocycles. The van der Waals surface area contributed by atoms with Crippen molar-refractivity contribution in [1.29, 1.82) is 0 Å². The van der Waals surface area contributed by atoms with Crippen molar-refractivity contribution in [1.82, 2.24) is 0 Å². The topological polar surface area (TPSA) is 49.4 Å². The number of imide groups is 1. The molecular weight excluding hydrogens is 348 g/mol. The zero-order valence-electron chi connectivity index (χ0n) is 15.8. The van der Waals surface area contributed by atoms with Gasteiger partial charge in [0.15, 0.2) is 0 Å². The summed E-state index contributed by atoms with van der Waals surface area (Å²) in [5, 5.41) is 3.25. The van der Waals surface area contributed by atoms with Gasteiger partial charge in [0.1, 0.15) is 5.70 Å². The van der Waals surface area contributed by atoms with E-state index < -0.39 is 0 Å². The number of anilines is 2. The van der Waals surface area contributed by atoms with Crippen LogP contribution in [0.4, 0.5) is 11.4 Å². The molecule has 0 fully saturated rings. The third-order valence-corrected chi connectivity index (χ3v) is 4.81. The summed E-state index contributed by atoms with van der Waals surface area (Å²) in [5.41, 5.74) is 4.86. The second-order valence-electron chi connectivity index (χ2n) is 6.84. The Balaban J connectivity index is 1.85. The van der Waals surface area contributed by atoms with Crippen LogP contribution in [0, 0.1) is 13.8 Å². The smallest absolute Gasteiger partial charge is 0.282 e. The first-order chi connectivity index (χ1) is 13.6. The molecule has 28 heavy (non-hydrogen) atoms. The summed E-state index contributed by atoms with van der Waals surface area (Å²) in [6.45, 7) is 3.97. The molecular formula is C24H20N2O2. The number of nitrogens with one attached hydrogen (secondary N) is 1.